The van der Waals surface area contributed by atoms with Crippen LogP contribution in [0.2, 0.25) is 0 Å². The zero-order valence-electron chi connectivity index (χ0n) is 11.3. The van der Waals surface area contributed by atoms with Crippen LogP contribution in [0.25, 0.3) is 0 Å². The first-order valence-electron chi connectivity index (χ1n) is 6.42. The van der Waals surface area contributed by atoms with Crippen LogP contribution in [0, 0.1) is 5.92 Å². The molecule has 0 radical (unpaired) electrons. The van der Waals surface area contributed by atoms with Crippen LogP contribution in [0.15, 0.2) is 28.7 Å². The molecule has 5 heteroatoms. The van der Waals surface area contributed by atoms with E-state index in [9.17, 15) is 4.79 Å². The van der Waals surface area contributed by atoms with Crippen molar-refractivity contribution in [3.8, 4) is 0 Å². The van der Waals surface area contributed by atoms with Gasteiger partial charge in [-0.3, -0.25) is 0 Å². The Kier molecular flexibility index (Phi) is 6.87. The lowest BCUT2D eigenvalue weighted by Gasteiger charge is -2.21. The number of aliphatic hydroxyl groups is 1. The van der Waals surface area contributed by atoms with Gasteiger partial charge < -0.3 is 15.7 Å². The van der Waals surface area contributed by atoms with Crippen LogP contribution in [-0.2, 0) is 6.54 Å². The summed E-state index contributed by atoms with van der Waals surface area (Å²) in [7, 11) is 0. The predicted molar refractivity (Wildman–Crippen MR) is 79.8 cm³/mol. The number of nitrogens with one attached hydrogen (secondary N) is 2. The lowest BCUT2D eigenvalue weighted by atomic mass is 10.0. The normalized spacial score (nSPS) is 12.3. The van der Waals surface area contributed by atoms with E-state index in [1.54, 1.807) is 0 Å². The standard InChI is InChI=1S/C14H21BrN2O2/c1-10(2)13(7-8-18)17-14(19)16-9-11-3-5-12(15)6-4-11/h3-6,10,13,18H,7-9H2,1-2H3,(H2,16,17,19). The van der Waals surface area contributed by atoms with Gasteiger partial charge in [-0.1, -0.05) is 41.9 Å². The molecular weight excluding hydrogens is 308 g/mol. The molecule has 0 aliphatic rings. The van der Waals surface area contributed by atoms with Crippen LogP contribution >= 0.6 is 15.9 Å². The number of halogens is 1. The van der Waals surface area contributed by atoms with Crippen LogP contribution in [0.1, 0.15) is 25.8 Å². The zero-order valence-corrected chi connectivity index (χ0v) is 12.9. The van der Waals surface area contributed by atoms with E-state index in [4.69, 9.17) is 5.11 Å². The number of hydrogen-bond acceptors (Lipinski definition) is 2. The van der Waals surface area contributed by atoms with Crippen molar-refractivity contribution >= 4 is 22.0 Å². The molecule has 1 unspecified atom stereocenters. The summed E-state index contributed by atoms with van der Waals surface area (Å²) in [6, 6.07) is 7.59. The number of benzene rings is 1. The summed E-state index contributed by atoms with van der Waals surface area (Å²) in [4.78, 5) is 11.8. The Morgan fingerprint density at radius 1 is 1.32 bits per heavy atom. The lowest BCUT2D eigenvalue weighted by molar-refractivity contribution is 0.218. The average Bonchev–Trinajstić information content (AvgIpc) is 2.37. The molecule has 0 aliphatic heterocycles. The largest absolute Gasteiger partial charge is 0.396 e. The maximum Gasteiger partial charge on any atom is 0.315 e. The Balaban J connectivity index is 2.40. The highest BCUT2D eigenvalue weighted by Crippen LogP contribution is 2.10. The number of carbonyl (C=O) groups excluding carboxylic acids is 1. The summed E-state index contributed by atoms with van der Waals surface area (Å²) in [6.07, 6.45) is 0.573. The molecule has 0 fully saturated rings. The minimum atomic E-state index is -0.199. The molecule has 1 rings (SSSR count). The first-order chi connectivity index (χ1) is 9.02. The average molecular weight is 329 g/mol. The minimum absolute atomic E-state index is 0.00471. The van der Waals surface area contributed by atoms with Crippen molar-refractivity contribution in [1.29, 1.82) is 0 Å². The van der Waals surface area contributed by atoms with Crippen molar-refractivity contribution in [3.63, 3.8) is 0 Å². The minimum Gasteiger partial charge on any atom is -0.396 e. The molecule has 1 atom stereocenters. The molecule has 0 aliphatic carbocycles. The quantitative estimate of drug-likeness (QED) is 0.751. The third-order valence-electron chi connectivity index (χ3n) is 2.93. The summed E-state index contributed by atoms with van der Waals surface area (Å²) in [5, 5.41) is 14.7. The third kappa shape index (κ3) is 6.07. The molecule has 0 spiro atoms. The van der Waals surface area contributed by atoms with Gasteiger partial charge in [0, 0.05) is 23.7 Å². The molecule has 0 bridgehead atoms. The van der Waals surface area contributed by atoms with Gasteiger partial charge in [0.2, 0.25) is 0 Å². The Labute approximate surface area is 122 Å². The van der Waals surface area contributed by atoms with Gasteiger partial charge in [0.1, 0.15) is 0 Å². The Morgan fingerprint density at radius 3 is 2.47 bits per heavy atom. The molecule has 1 aromatic rings. The topological polar surface area (TPSA) is 61.4 Å². The summed E-state index contributed by atoms with van der Waals surface area (Å²) in [6.45, 7) is 4.61. The third-order valence-corrected chi connectivity index (χ3v) is 3.46. The van der Waals surface area contributed by atoms with E-state index in [1.165, 1.54) is 0 Å². The molecule has 1 aromatic carbocycles. The predicted octanol–water partition coefficient (Wildman–Crippen LogP) is 2.66. The van der Waals surface area contributed by atoms with E-state index < -0.39 is 0 Å². The van der Waals surface area contributed by atoms with Crippen molar-refractivity contribution in [3.05, 3.63) is 34.3 Å². The number of rotatable bonds is 6. The van der Waals surface area contributed by atoms with Crippen molar-refractivity contribution in [2.24, 2.45) is 5.92 Å². The second-order valence-electron chi connectivity index (χ2n) is 4.82. The fourth-order valence-corrected chi connectivity index (χ4v) is 1.98. The highest BCUT2D eigenvalue weighted by molar-refractivity contribution is 9.10. The highest BCUT2D eigenvalue weighted by Gasteiger charge is 2.15. The second-order valence-corrected chi connectivity index (χ2v) is 5.73. The van der Waals surface area contributed by atoms with Crippen molar-refractivity contribution < 1.29 is 9.90 Å². The van der Waals surface area contributed by atoms with E-state index in [-0.39, 0.29) is 18.7 Å². The first kappa shape index (κ1) is 16.0. The second kappa shape index (κ2) is 8.17. The fraction of sp³-hybridized carbons (Fsp3) is 0.500. The molecule has 106 valence electrons. The van der Waals surface area contributed by atoms with Crippen molar-refractivity contribution in [2.45, 2.75) is 32.9 Å². The molecule has 0 saturated heterocycles. The van der Waals surface area contributed by atoms with Crippen LogP contribution in [0.3, 0.4) is 0 Å². The van der Waals surface area contributed by atoms with Gasteiger partial charge >= 0.3 is 6.03 Å². The van der Waals surface area contributed by atoms with Gasteiger partial charge in [-0.15, -0.1) is 0 Å². The van der Waals surface area contributed by atoms with E-state index in [0.717, 1.165) is 10.0 Å². The number of amides is 2. The summed E-state index contributed by atoms with van der Waals surface area (Å²) in [5.74, 6) is 0.297. The SMILES string of the molecule is CC(C)C(CCO)NC(=O)NCc1ccc(Br)cc1. The summed E-state index contributed by atoms with van der Waals surface area (Å²) in [5.41, 5.74) is 1.04. The molecule has 2 amide bonds. The van der Waals surface area contributed by atoms with E-state index in [0.29, 0.717) is 18.9 Å². The van der Waals surface area contributed by atoms with E-state index in [1.807, 2.05) is 38.1 Å². The van der Waals surface area contributed by atoms with E-state index >= 15 is 0 Å². The van der Waals surface area contributed by atoms with E-state index in [2.05, 4.69) is 26.6 Å². The maximum atomic E-state index is 11.8. The maximum absolute atomic E-state index is 11.8. The molecule has 0 heterocycles. The van der Waals surface area contributed by atoms with Crippen LogP contribution < -0.4 is 10.6 Å². The summed E-state index contributed by atoms with van der Waals surface area (Å²) >= 11 is 3.37. The monoisotopic (exact) mass is 328 g/mol. The Hall–Kier alpha value is -1.07. The fourth-order valence-electron chi connectivity index (χ4n) is 1.72. The number of carbonyl (C=O) groups is 1. The van der Waals surface area contributed by atoms with Gasteiger partial charge in [-0.2, -0.15) is 0 Å². The first-order valence-corrected chi connectivity index (χ1v) is 7.22. The van der Waals surface area contributed by atoms with Gasteiger partial charge in [0.25, 0.3) is 0 Å². The molecule has 19 heavy (non-hydrogen) atoms. The van der Waals surface area contributed by atoms with Crippen molar-refractivity contribution in [2.75, 3.05) is 6.61 Å². The molecule has 0 aromatic heterocycles. The number of hydrogen-bond donors (Lipinski definition) is 3. The molecule has 0 saturated carbocycles. The highest BCUT2D eigenvalue weighted by atomic mass is 79.9. The number of urea groups is 1. The van der Waals surface area contributed by atoms with Crippen LogP contribution in [-0.4, -0.2) is 23.8 Å². The number of aliphatic hydroxyl groups excluding tert-OH is 1. The van der Waals surface area contributed by atoms with Gasteiger partial charge in [0.05, 0.1) is 0 Å². The van der Waals surface area contributed by atoms with Gasteiger partial charge in [0.15, 0.2) is 0 Å². The van der Waals surface area contributed by atoms with Gasteiger partial charge in [-0.25, -0.2) is 4.79 Å². The Bertz CT molecular complexity index is 393. The molecule has 4 nitrogen and oxygen atoms in total. The summed E-state index contributed by atoms with van der Waals surface area (Å²) < 4.78 is 1.02. The zero-order chi connectivity index (χ0) is 14.3. The smallest absolute Gasteiger partial charge is 0.315 e. The Morgan fingerprint density at radius 2 is 1.95 bits per heavy atom. The lowest BCUT2D eigenvalue weighted by Crippen LogP contribution is -2.44. The molecule has 3 N–H and O–H groups in total. The van der Waals surface area contributed by atoms with Crippen LogP contribution in [0.4, 0.5) is 4.79 Å². The van der Waals surface area contributed by atoms with Crippen LogP contribution in [0.5, 0.6) is 0 Å². The molecular formula is C14H21BrN2O2. The van der Waals surface area contributed by atoms with Gasteiger partial charge in [-0.05, 0) is 30.0 Å². The van der Waals surface area contributed by atoms with Crippen molar-refractivity contribution in [1.82, 2.24) is 10.6 Å².